The van der Waals surface area contributed by atoms with Crippen LogP contribution in [0.5, 0.6) is 0 Å². The summed E-state index contributed by atoms with van der Waals surface area (Å²) >= 11 is 0. The third-order valence-corrected chi connectivity index (χ3v) is 7.78. The predicted molar refractivity (Wildman–Crippen MR) is 123 cm³/mol. The lowest BCUT2D eigenvalue weighted by atomic mass is 9.59. The zero-order valence-electron chi connectivity index (χ0n) is 18.3. The van der Waals surface area contributed by atoms with Crippen LogP contribution in [0.2, 0.25) is 0 Å². The Bertz CT molecular complexity index is 982. The van der Waals surface area contributed by atoms with Crippen LogP contribution >= 0.6 is 0 Å². The van der Waals surface area contributed by atoms with Crippen molar-refractivity contribution < 1.29 is 0 Å². The summed E-state index contributed by atoms with van der Waals surface area (Å²) in [6.45, 7) is 3.17. The van der Waals surface area contributed by atoms with Gasteiger partial charge in [-0.25, -0.2) is 4.98 Å². The Morgan fingerprint density at radius 2 is 1.97 bits per heavy atom. The fourth-order valence-electron chi connectivity index (χ4n) is 6.21. The highest BCUT2D eigenvalue weighted by Crippen LogP contribution is 2.48. The Morgan fingerprint density at radius 1 is 1.19 bits per heavy atom. The number of aromatic nitrogens is 2. The first kappa shape index (κ1) is 20.3. The zero-order chi connectivity index (χ0) is 21.4. The van der Waals surface area contributed by atoms with Crippen LogP contribution < -0.4 is 16.4 Å². The number of nitrogens with zero attached hydrogens (tertiary/aromatic N) is 3. The van der Waals surface area contributed by atoms with Gasteiger partial charge in [0.05, 0.1) is 12.2 Å². The molecule has 2 fully saturated rings. The van der Waals surface area contributed by atoms with Crippen molar-refractivity contribution in [1.29, 1.82) is 5.26 Å². The summed E-state index contributed by atoms with van der Waals surface area (Å²) in [7, 11) is 0. The summed E-state index contributed by atoms with van der Waals surface area (Å²) in [5.41, 5.74) is 9.89. The number of nitrogens with one attached hydrogen (secondary N) is 2. The molecule has 3 aliphatic rings. The molecule has 5 rings (SSSR count). The quantitative estimate of drug-likeness (QED) is 0.668. The highest BCUT2D eigenvalue weighted by molar-refractivity contribution is 5.54. The van der Waals surface area contributed by atoms with Crippen molar-refractivity contribution in [2.24, 2.45) is 23.0 Å². The average Bonchev–Trinajstić information content (AvgIpc) is 3.17. The molecule has 0 spiro atoms. The monoisotopic (exact) mass is 416 g/mol. The van der Waals surface area contributed by atoms with E-state index in [2.05, 4.69) is 52.9 Å². The van der Waals surface area contributed by atoms with Crippen molar-refractivity contribution in [1.82, 2.24) is 9.97 Å². The van der Waals surface area contributed by atoms with Gasteiger partial charge >= 0.3 is 0 Å². The van der Waals surface area contributed by atoms with Gasteiger partial charge in [0.25, 0.3) is 0 Å². The lowest BCUT2D eigenvalue weighted by Gasteiger charge is -2.49. The van der Waals surface area contributed by atoms with Gasteiger partial charge in [-0.05, 0) is 66.9 Å². The molecule has 4 N–H and O–H groups in total. The van der Waals surface area contributed by atoms with Gasteiger partial charge in [0.15, 0.2) is 0 Å². The highest BCUT2D eigenvalue weighted by atomic mass is 15.2. The molecular weight excluding hydrogens is 384 g/mol. The van der Waals surface area contributed by atoms with Crippen molar-refractivity contribution in [3.63, 3.8) is 0 Å². The molecule has 31 heavy (non-hydrogen) atoms. The number of benzene rings is 1. The molecule has 3 aliphatic carbocycles. The fraction of sp³-hybridized carbons (Fsp3) is 0.560. The maximum atomic E-state index is 9.58. The fourth-order valence-corrected chi connectivity index (χ4v) is 6.21. The second-order valence-electron chi connectivity index (χ2n) is 10.1. The molecule has 2 aromatic rings. The molecule has 2 saturated carbocycles. The normalized spacial score (nSPS) is 31.5. The molecule has 0 saturated heterocycles. The number of anilines is 2. The molecule has 6 heteroatoms. The summed E-state index contributed by atoms with van der Waals surface area (Å²) in [5.74, 6) is 2.46. The third-order valence-electron chi connectivity index (χ3n) is 7.78. The molecule has 0 radical (unpaired) electrons. The second-order valence-corrected chi connectivity index (χ2v) is 10.1. The van der Waals surface area contributed by atoms with Gasteiger partial charge < -0.3 is 16.4 Å². The molecule has 1 aromatic heterocycles. The first-order valence-corrected chi connectivity index (χ1v) is 11.7. The Kier molecular flexibility index (Phi) is 5.31. The van der Waals surface area contributed by atoms with Crippen molar-refractivity contribution >= 4 is 11.8 Å². The van der Waals surface area contributed by atoms with Crippen molar-refractivity contribution in [3.05, 3.63) is 47.2 Å². The third kappa shape index (κ3) is 3.99. The Balaban J connectivity index is 1.30. The number of hydrogen-bond donors (Lipinski definition) is 3. The summed E-state index contributed by atoms with van der Waals surface area (Å²) < 4.78 is 0. The first-order chi connectivity index (χ1) is 15.0. The minimum absolute atomic E-state index is 0.182. The molecule has 1 heterocycles. The Hall–Kier alpha value is -2.65. The molecule has 6 nitrogen and oxygen atoms in total. The number of aryl methyl sites for hydroxylation is 1. The number of nitrogens with two attached hydrogens (primary N) is 1. The summed E-state index contributed by atoms with van der Waals surface area (Å²) in [4.78, 5) is 9.12. The maximum Gasteiger partial charge on any atom is 0.225 e. The van der Waals surface area contributed by atoms with Crippen molar-refractivity contribution in [2.75, 3.05) is 17.2 Å². The van der Waals surface area contributed by atoms with E-state index in [4.69, 9.17) is 10.7 Å². The predicted octanol–water partition coefficient (Wildman–Crippen LogP) is 4.40. The summed E-state index contributed by atoms with van der Waals surface area (Å²) in [6.07, 6.45) is 9.85. The van der Waals surface area contributed by atoms with Crippen LogP contribution in [0.15, 0.2) is 30.5 Å². The molecule has 0 amide bonds. The molecule has 2 unspecified atom stereocenters. The molecule has 1 aromatic carbocycles. The van der Waals surface area contributed by atoms with Gasteiger partial charge in [-0.1, -0.05) is 37.6 Å². The van der Waals surface area contributed by atoms with Crippen LogP contribution in [-0.4, -0.2) is 22.6 Å². The molecule has 2 bridgehead atoms. The average molecular weight is 417 g/mol. The maximum absolute atomic E-state index is 9.58. The van der Waals surface area contributed by atoms with Crippen LogP contribution in [-0.2, 0) is 6.42 Å². The second kappa shape index (κ2) is 8.12. The minimum atomic E-state index is 0.182. The SMILES string of the molecule is CC1(CNc2nc(NC3CCc4ccccc43)ncc2C#N)C[C@H]2CCC[C@@H](C1)[C@@H]2N. The summed E-state index contributed by atoms with van der Waals surface area (Å²) in [6, 6.07) is 11.4. The van der Waals surface area contributed by atoms with Crippen LogP contribution in [0.25, 0.3) is 0 Å². The largest absolute Gasteiger partial charge is 0.368 e. The van der Waals surface area contributed by atoms with Crippen LogP contribution in [0, 0.1) is 28.6 Å². The standard InChI is InChI=1S/C25H32N6/c1-25(11-17-6-4-7-18(12-25)22(17)27)15-29-23-19(13-26)14-28-24(31-23)30-21-10-9-16-5-2-3-8-20(16)21/h2-3,5,8,14,17-18,21-22H,4,6-7,9-12,15,27H2,1H3,(H2,28,29,30,31)/t17-,18+,21?,22-,25?. The molecule has 5 atom stereocenters. The van der Waals surface area contributed by atoms with E-state index in [1.165, 1.54) is 30.4 Å². The van der Waals surface area contributed by atoms with Gasteiger partial charge in [-0.3, -0.25) is 0 Å². The lowest BCUT2D eigenvalue weighted by Crippen LogP contribution is -2.50. The van der Waals surface area contributed by atoms with Crippen LogP contribution in [0.4, 0.5) is 11.8 Å². The number of nitriles is 1. The Morgan fingerprint density at radius 3 is 2.74 bits per heavy atom. The van der Waals surface area contributed by atoms with E-state index < -0.39 is 0 Å². The topological polar surface area (TPSA) is 99.6 Å². The lowest BCUT2D eigenvalue weighted by molar-refractivity contribution is 0.0549. The van der Waals surface area contributed by atoms with E-state index >= 15 is 0 Å². The van der Waals surface area contributed by atoms with E-state index in [-0.39, 0.29) is 11.5 Å². The van der Waals surface area contributed by atoms with Gasteiger partial charge in [0.2, 0.25) is 5.95 Å². The molecule has 162 valence electrons. The van der Waals surface area contributed by atoms with Crippen molar-refractivity contribution in [3.8, 4) is 6.07 Å². The van der Waals surface area contributed by atoms with E-state index in [1.807, 2.05) is 0 Å². The van der Waals surface area contributed by atoms with Gasteiger partial charge in [0.1, 0.15) is 17.5 Å². The van der Waals surface area contributed by atoms with E-state index in [0.29, 0.717) is 35.2 Å². The number of fused-ring (bicyclic) bond motifs is 3. The highest BCUT2D eigenvalue weighted by Gasteiger charge is 2.43. The van der Waals surface area contributed by atoms with Gasteiger partial charge in [-0.2, -0.15) is 10.2 Å². The van der Waals surface area contributed by atoms with Gasteiger partial charge in [-0.15, -0.1) is 0 Å². The van der Waals surface area contributed by atoms with E-state index in [1.54, 1.807) is 6.20 Å². The molecule has 0 aliphatic heterocycles. The first-order valence-electron chi connectivity index (χ1n) is 11.7. The summed E-state index contributed by atoms with van der Waals surface area (Å²) in [5, 5.41) is 16.6. The minimum Gasteiger partial charge on any atom is -0.368 e. The van der Waals surface area contributed by atoms with Crippen LogP contribution in [0.3, 0.4) is 0 Å². The smallest absolute Gasteiger partial charge is 0.225 e. The van der Waals surface area contributed by atoms with Crippen LogP contribution in [0.1, 0.15) is 68.2 Å². The Labute approximate surface area is 184 Å². The van der Waals surface area contributed by atoms with Crippen molar-refractivity contribution in [2.45, 2.75) is 64.0 Å². The van der Waals surface area contributed by atoms with E-state index in [0.717, 1.165) is 32.2 Å². The number of hydrogen-bond acceptors (Lipinski definition) is 6. The van der Waals surface area contributed by atoms with Gasteiger partial charge in [0, 0.05) is 12.6 Å². The zero-order valence-corrected chi connectivity index (χ0v) is 18.3. The number of rotatable bonds is 5. The van der Waals surface area contributed by atoms with E-state index in [9.17, 15) is 5.26 Å². The molecular formula is C25H32N6.